The van der Waals surface area contributed by atoms with Crippen LogP contribution in [0.2, 0.25) is 0 Å². The predicted molar refractivity (Wildman–Crippen MR) is 104 cm³/mol. The first-order valence-electron chi connectivity index (χ1n) is 8.99. The van der Waals surface area contributed by atoms with Crippen molar-refractivity contribution in [3.05, 3.63) is 70.6 Å². The fourth-order valence-corrected chi connectivity index (χ4v) is 2.61. The van der Waals surface area contributed by atoms with Crippen LogP contribution >= 0.6 is 0 Å². The molecule has 1 atom stereocenters. The van der Waals surface area contributed by atoms with Gasteiger partial charge in [0, 0.05) is 17.7 Å². The van der Waals surface area contributed by atoms with Gasteiger partial charge in [0.05, 0.1) is 4.92 Å². The van der Waals surface area contributed by atoms with E-state index < -0.39 is 11.0 Å². The zero-order chi connectivity index (χ0) is 20.8. The maximum atomic E-state index is 12.3. The number of carbonyl (C=O) groups excluding carboxylic acids is 1. The molecule has 1 heterocycles. The Morgan fingerprint density at radius 1 is 1.17 bits per heavy atom. The molecule has 0 aliphatic carbocycles. The summed E-state index contributed by atoms with van der Waals surface area (Å²) in [6.07, 6.45) is 0. The van der Waals surface area contributed by atoms with Gasteiger partial charge in [0.2, 0.25) is 11.7 Å². The van der Waals surface area contributed by atoms with Crippen LogP contribution in [0.3, 0.4) is 0 Å². The van der Waals surface area contributed by atoms with Gasteiger partial charge in [-0.05, 0) is 18.1 Å². The van der Waals surface area contributed by atoms with Gasteiger partial charge in [0.15, 0.2) is 6.61 Å². The molecule has 29 heavy (non-hydrogen) atoms. The molecule has 150 valence electrons. The van der Waals surface area contributed by atoms with Crippen LogP contribution < -0.4 is 10.1 Å². The summed E-state index contributed by atoms with van der Waals surface area (Å²) in [5.74, 6) is 0.741. The molecule has 0 saturated carbocycles. The molecule has 9 heteroatoms. The van der Waals surface area contributed by atoms with Gasteiger partial charge >= 0.3 is 0 Å². The number of hydrogen-bond acceptors (Lipinski definition) is 7. The van der Waals surface area contributed by atoms with Crippen LogP contribution in [0.25, 0.3) is 11.4 Å². The van der Waals surface area contributed by atoms with E-state index in [1.165, 1.54) is 24.3 Å². The molecular formula is C20H20N4O5. The molecule has 1 unspecified atom stereocenters. The van der Waals surface area contributed by atoms with Crippen molar-refractivity contribution >= 4 is 11.6 Å². The van der Waals surface area contributed by atoms with E-state index >= 15 is 0 Å². The molecule has 0 spiro atoms. The highest BCUT2D eigenvalue weighted by atomic mass is 16.6. The summed E-state index contributed by atoms with van der Waals surface area (Å²) in [6.45, 7) is 3.60. The molecule has 1 amide bonds. The molecule has 0 bridgehead atoms. The highest BCUT2D eigenvalue weighted by molar-refractivity contribution is 5.78. The van der Waals surface area contributed by atoms with Crippen molar-refractivity contribution in [3.63, 3.8) is 0 Å². The van der Waals surface area contributed by atoms with Crippen molar-refractivity contribution in [2.24, 2.45) is 5.92 Å². The Hall–Kier alpha value is -3.75. The molecule has 0 aliphatic heterocycles. The minimum absolute atomic E-state index is 0.00222. The Morgan fingerprint density at radius 2 is 1.86 bits per heavy atom. The third-order valence-electron chi connectivity index (χ3n) is 4.14. The van der Waals surface area contributed by atoms with E-state index in [0.717, 1.165) is 5.56 Å². The van der Waals surface area contributed by atoms with Crippen molar-refractivity contribution in [1.29, 1.82) is 0 Å². The van der Waals surface area contributed by atoms with Crippen LogP contribution in [-0.2, 0) is 4.79 Å². The lowest BCUT2D eigenvalue weighted by molar-refractivity contribution is -0.384. The first kappa shape index (κ1) is 20.0. The third-order valence-corrected chi connectivity index (χ3v) is 4.14. The van der Waals surface area contributed by atoms with Crippen LogP contribution in [-0.4, -0.2) is 27.6 Å². The lowest BCUT2D eigenvalue weighted by atomic mass is 10.0. The van der Waals surface area contributed by atoms with Crippen molar-refractivity contribution < 1.29 is 19.0 Å². The van der Waals surface area contributed by atoms with Gasteiger partial charge in [-0.2, -0.15) is 4.98 Å². The van der Waals surface area contributed by atoms with E-state index in [9.17, 15) is 14.9 Å². The van der Waals surface area contributed by atoms with Crippen molar-refractivity contribution in [2.75, 3.05) is 6.61 Å². The van der Waals surface area contributed by atoms with Gasteiger partial charge in [-0.15, -0.1) is 0 Å². The van der Waals surface area contributed by atoms with Gasteiger partial charge < -0.3 is 14.6 Å². The van der Waals surface area contributed by atoms with Crippen LogP contribution in [0.15, 0.2) is 59.1 Å². The first-order chi connectivity index (χ1) is 13.9. The van der Waals surface area contributed by atoms with Gasteiger partial charge in [-0.3, -0.25) is 14.9 Å². The van der Waals surface area contributed by atoms with E-state index in [1.807, 2.05) is 44.2 Å². The van der Waals surface area contributed by atoms with Crippen LogP contribution in [0, 0.1) is 16.0 Å². The summed E-state index contributed by atoms with van der Waals surface area (Å²) in [7, 11) is 0. The SMILES string of the molecule is CC(C)C(NC(=O)COc1ccc([N+](=O)[O-])cc1)c1nc(-c2ccccc2)no1. The Labute approximate surface area is 166 Å². The summed E-state index contributed by atoms with van der Waals surface area (Å²) in [5, 5.41) is 17.5. The summed E-state index contributed by atoms with van der Waals surface area (Å²) in [6, 6.07) is 14.4. The minimum atomic E-state index is -0.502. The molecule has 0 fully saturated rings. The molecule has 3 rings (SSSR count). The number of ether oxygens (including phenoxy) is 1. The van der Waals surface area contributed by atoms with E-state index in [0.29, 0.717) is 17.5 Å². The topological polar surface area (TPSA) is 120 Å². The second-order valence-electron chi connectivity index (χ2n) is 6.65. The fraction of sp³-hybridized carbons (Fsp3) is 0.250. The summed E-state index contributed by atoms with van der Waals surface area (Å²) >= 11 is 0. The zero-order valence-electron chi connectivity index (χ0n) is 15.9. The van der Waals surface area contributed by atoms with Crippen molar-refractivity contribution in [2.45, 2.75) is 19.9 Å². The number of amides is 1. The largest absolute Gasteiger partial charge is 0.484 e. The minimum Gasteiger partial charge on any atom is -0.484 e. The Morgan fingerprint density at radius 3 is 2.48 bits per heavy atom. The van der Waals surface area contributed by atoms with E-state index in [-0.39, 0.29) is 24.1 Å². The van der Waals surface area contributed by atoms with Gasteiger partial charge in [-0.25, -0.2) is 0 Å². The second-order valence-corrected chi connectivity index (χ2v) is 6.65. The number of aromatic nitrogens is 2. The van der Waals surface area contributed by atoms with Crippen LogP contribution in [0.1, 0.15) is 25.8 Å². The number of non-ortho nitro benzene ring substituents is 1. The standard InChI is InChI=1S/C20H20N4O5/c1-13(2)18(20-22-19(23-29-20)14-6-4-3-5-7-14)21-17(25)12-28-16-10-8-15(9-11-16)24(26)27/h3-11,13,18H,12H2,1-2H3,(H,21,25). The molecule has 9 nitrogen and oxygen atoms in total. The van der Waals surface area contributed by atoms with E-state index in [2.05, 4.69) is 15.5 Å². The molecule has 1 N–H and O–H groups in total. The number of nitrogens with one attached hydrogen (secondary N) is 1. The fourth-order valence-electron chi connectivity index (χ4n) is 2.61. The Balaban J connectivity index is 1.62. The number of carbonyl (C=O) groups is 1. The maximum absolute atomic E-state index is 12.3. The molecule has 3 aromatic rings. The van der Waals surface area contributed by atoms with Gasteiger partial charge in [0.25, 0.3) is 11.6 Å². The van der Waals surface area contributed by atoms with Gasteiger partial charge in [-0.1, -0.05) is 49.3 Å². The Kier molecular flexibility index (Phi) is 6.18. The van der Waals surface area contributed by atoms with E-state index in [4.69, 9.17) is 9.26 Å². The monoisotopic (exact) mass is 396 g/mol. The summed E-state index contributed by atoms with van der Waals surface area (Å²) in [4.78, 5) is 26.9. The summed E-state index contributed by atoms with van der Waals surface area (Å²) < 4.78 is 10.8. The molecule has 0 radical (unpaired) electrons. The lowest BCUT2D eigenvalue weighted by Gasteiger charge is -2.18. The maximum Gasteiger partial charge on any atom is 0.269 e. The molecule has 2 aromatic carbocycles. The quantitative estimate of drug-likeness (QED) is 0.457. The number of hydrogen-bond donors (Lipinski definition) is 1. The number of nitro benzene ring substituents is 1. The summed E-state index contributed by atoms with van der Waals surface area (Å²) in [5.41, 5.74) is 0.769. The number of benzene rings is 2. The smallest absolute Gasteiger partial charge is 0.269 e. The number of rotatable bonds is 8. The third kappa shape index (κ3) is 5.16. The molecule has 0 aliphatic rings. The van der Waals surface area contributed by atoms with Crippen molar-refractivity contribution in [1.82, 2.24) is 15.5 Å². The molecule has 0 saturated heterocycles. The van der Waals surface area contributed by atoms with Crippen LogP contribution in [0.5, 0.6) is 5.75 Å². The normalized spacial score (nSPS) is 11.8. The predicted octanol–water partition coefficient (Wildman–Crippen LogP) is 3.54. The lowest BCUT2D eigenvalue weighted by Crippen LogP contribution is -2.35. The van der Waals surface area contributed by atoms with Gasteiger partial charge in [0.1, 0.15) is 11.8 Å². The number of nitrogens with zero attached hydrogens (tertiary/aromatic N) is 3. The Bertz CT molecular complexity index is 970. The molecular weight excluding hydrogens is 376 g/mol. The highest BCUT2D eigenvalue weighted by Gasteiger charge is 2.25. The number of nitro groups is 1. The molecule has 1 aromatic heterocycles. The zero-order valence-corrected chi connectivity index (χ0v) is 15.9. The van der Waals surface area contributed by atoms with Crippen LogP contribution in [0.4, 0.5) is 5.69 Å². The second kappa shape index (κ2) is 8.96. The van der Waals surface area contributed by atoms with Crippen molar-refractivity contribution in [3.8, 4) is 17.1 Å². The van der Waals surface area contributed by atoms with E-state index in [1.54, 1.807) is 0 Å². The first-order valence-corrected chi connectivity index (χ1v) is 8.99. The average Bonchev–Trinajstić information content (AvgIpc) is 3.21. The average molecular weight is 396 g/mol. The highest BCUT2D eigenvalue weighted by Crippen LogP contribution is 2.23.